The van der Waals surface area contributed by atoms with Gasteiger partial charge < -0.3 is 9.63 Å². The number of phosphoric ester groups is 1. The molecule has 0 atom stereocenters. The number of hydrogen-bond acceptors (Lipinski definition) is 3. The molecule has 6 nitrogen and oxygen atoms in total. The molecule has 0 aromatic rings. The molecule has 0 saturated heterocycles. The molecule has 3 N–H and O–H groups in total. The van der Waals surface area contributed by atoms with Gasteiger partial charge in [0.15, 0.2) is 0 Å². The standard InChI is InChI=1S/CH3O6P.2Na.2H/c2-1(3)7-8(4,5)6;;;;/h(H,2,3)(H2,4,5,6);;;;. The van der Waals surface area contributed by atoms with E-state index in [-0.39, 0.29) is 59.1 Å². The Morgan fingerprint density at radius 1 is 1.30 bits per heavy atom. The van der Waals surface area contributed by atoms with Crippen LogP contribution in [-0.2, 0) is 9.09 Å². The van der Waals surface area contributed by atoms with Gasteiger partial charge >= 0.3 is 73.1 Å². The van der Waals surface area contributed by atoms with Crippen molar-refractivity contribution in [2.45, 2.75) is 0 Å². The predicted octanol–water partition coefficient (Wildman–Crippen LogP) is -1.52. The zero-order valence-electron chi connectivity index (χ0n) is 3.51. The molecule has 0 aliphatic rings. The fraction of sp³-hybridized carbons (Fsp3) is 0. The molecule has 0 saturated carbocycles. The number of hydrogen-bond donors (Lipinski definition) is 3. The van der Waals surface area contributed by atoms with Gasteiger partial charge in [0.1, 0.15) is 0 Å². The predicted molar refractivity (Wildman–Crippen MR) is 35.5 cm³/mol. The maximum atomic E-state index is 9.53. The summed E-state index contributed by atoms with van der Waals surface area (Å²) < 4.78 is 12.6. The third kappa shape index (κ3) is 16.2. The molecule has 0 aromatic heterocycles. The number of phosphoric acid groups is 1. The first-order valence-electron chi connectivity index (χ1n) is 1.40. The Morgan fingerprint density at radius 3 is 1.60 bits per heavy atom. The van der Waals surface area contributed by atoms with E-state index >= 15 is 0 Å². The van der Waals surface area contributed by atoms with Crippen LogP contribution in [-0.4, -0.2) is 80.2 Å². The second kappa shape index (κ2) is 7.09. The molecule has 52 valence electrons. The molecular weight excluding hydrogens is 185 g/mol. The summed E-state index contributed by atoms with van der Waals surface area (Å²) in [5, 5.41) is 7.53. The summed E-state index contributed by atoms with van der Waals surface area (Å²) >= 11 is 0. The average Bonchev–Trinajstić information content (AvgIpc) is 1.21. The minimum atomic E-state index is -4.82. The summed E-state index contributed by atoms with van der Waals surface area (Å²) in [6.45, 7) is 0. The molecule has 0 spiro atoms. The molecule has 0 unspecified atom stereocenters. The molecule has 10 heavy (non-hydrogen) atoms. The zero-order valence-corrected chi connectivity index (χ0v) is 4.41. The van der Waals surface area contributed by atoms with Crippen LogP contribution in [0.15, 0.2) is 0 Å². The van der Waals surface area contributed by atoms with Crippen LogP contribution in [0.2, 0.25) is 0 Å². The van der Waals surface area contributed by atoms with Crippen molar-refractivity contribution >= 4 is 73.1 Å². The summed E-state index contributed by atoms with van der Waals surface area (Å²) in [5.74, 6) is 0. The van der Waals surface area contributed by atoms with Gasteiger partial charge in [0.05, 0.1) is 0 Å². The van der Waals surface area contributed by atoms with E-state index < -0.39 is 14.0 Å². The first-order valence-corrected chi connectivity index (χ1v) is 2.93. The van der Waals surface area contributed by atoms with Gasteiger partial charge in [0.2, 0.25) is 0 Å². The van der Waals surface area contributed by atoms with Crippen LogP contribution in [0.1, 0.15) is 0 Å². The van der Waals surface area contributed by atoms with Gasteiger partial charge in [-0.15, -0.1) is 0 Å². The van der Waals surface area contributed by atoms with Gasteiger partial charge in [-0.2, -0.15) is 0 Å². The summed E-state index contributed by atoms with van der Waals surface area (Å²) in [5.41, 5.74) is 0. The Morgan fingerprint density at radius 2 is 1.60 bits per heavy atom. The number of carboxylic acid groups (broad SMARTS) is 1. The number of carbonyl (C=O) groups is 1. The number of rotatable bonds is 1. The zero-order chi connectivity index (χ0) is 6.78. The van der Waals surface area contributed by atoms with Crippen molar-refractivity contribution in [3.8, 4) is 0 Å². The van der Waals surface area contributed by atoms with E-state index in [1.165, 1.54) is 0 Å². The van der Waals surface area contributed by atoms with E-state index in [0.29, 0.717) is 0 Å². The Hall–Kier alpha value is 1.42. The van der Waals surface area contributed by atoms with Crippen molar-refractivity contribution in [2.75, 3.05) is 0 Å². The second-order valence-corrected chi connectivity index (χ2v) is 2.01. The average molecular weight is 190 g/mol. The molecule has 0 aromatic carbocycles. The van der Waals surface area contributed by atoms with Crippen LogP contribution in [0.5, 0.6) is 0 Å². The van der Waals surface area contributed by atoms with Gasteiger partial charge in [0.25, 0.3) is 0 Å². The van der Waals surface area contributed by atoms with Crippen LogP contribution >= 0.6 is 7.82 Å². The molecule has 0 aliphatic heterocycles. The normalized spacial score (nSPS) is 8.60. The van der Waals surface area contributed by atoms with Gasteiger partial charge in [-0.25, -0.2) is 9.36 Å². The van der Waals surface area contributed by atoms with E-state index in [1.54, 1.807) is 0 Å². The molecule has 0 radical (unpaired) electrons. The van der Waals surface area contributed by atoms with Gasteiger partial charge in [0, 0.05) is 0 Å². The van der Waals surface area contributed by atoms with Crippen molar-refractivity contribution in [1.82, 2.24) is 0 Å². The van der Waals surface area contributed by atoms with Crippen LogP contribution < -0.4 is 0 Å². The minimum absolute atomic E-state index is 0. The molecule has 0 fully saturated rings. The Balaban J connectivity index is -0.000000245. The van der Waals surface area contributed by atoms with Crippen LogP contribution in [0.4, 0.5) is 4.79 Å². The molecule has 0 aliphatic carbocycles. The third-order valence-corrected chi connectivity index (χ3v) is 0.591. The maximum absolute atomic E-state index is 9.53. The molecule has 9 heteroatoms. The second-order valence-electron chi connectivity index (χ2n) is 0.848. The van der Waals surface area contributed by atoms with Gasteiger partial charge in [-0.05, 0) is 0 Å². The molecular formula is CH5Na2O6P. The van der Waals surface area contributed by atoms with Gasteiger partial charge in [-0.3, -0.25) is 9.79 Å². The fourth-order valence-corrected chi connectivity index (χ4v) is 0.305. The quantitative estimate of drug-likeness (QED) is 0.342. The first-order chi connectivity index (χ1) is 3.42. The first kappa shape index (κ1) is 17.5. The molecule has 0 bridgehead atoms. The summed E-state index contributed by atoms with van der Waals surface area (Å²) in [7, 11) is -4.82. The fourth-order valence-electron chi connectivity index (χ4n) is 0.102. The Bertz CT molecular complexity index is 139. The summed E-state index contributed by atoms with van der Waals surface area (Å²) in [4.78, 5) is 24.7. The molecule has 0 heterocycles. The van der Waals surface area contributed by atoms with E-state index in [0.717, 1.165) is 0 Å². The van der Waals surface area contributed by atoms with Crippen molar-refractivity contribution < 1.29 is 28.8 Å². The van der Waals surface area contributed by atoms with Crippen molar-refractivity contribution in [2.24, 2.45) is 0 Å². The Kier molecular flexibility index (Phi) is 12.4. The van der Waals surface area contributed by atoms with Crippen LogP contribution in [0, 0.1) is 0 Å². The van der Waals surface area contributed by atoms with Crippen LogP contribution in [0.3, 0.4) is 0 Å². The van der Waals surface area contributed by atoms with Crippen molar-refractivity contribution in [1.29, 1.82) is 0 Å². The topological polar surface area (TPSA) is 104 Å². The monoisotopic (exact) mass is 190 g/mol. The summed E-state index contributed by atoms with van der Waals surface area (Å²) in [6, 6.07) is 0. The van der Waals surface area contributed by atoms with E-state index in [4.69, 9.17) is 14.9 Å². The van der Waals surface area contributed by atoms with Crippen molar-refractivity contribution in [3.05, 3.63) is 0 Å². The SMILES string of the molecule is O=C(O)OP(=O)(O)O.[NaH].[NaH]. The molecule has 0 amide bonds. The molecule has 0 rings (SSSR count). The van der Waals surface area contributed by atoms with Gasteiger partial charge in [-0.1, -0.05) is 0 Å². The summed E-state index contributed by atoms with van der Waals surface area (Å²) in [6.07, 6.45) is -1.99. The van der Waals surface area contributed by atoms with Crippen LogP contribution in [0.25, 0.3) is 0 Å². The Labute approximate surface area is 101 Å². The van der Waals surface area contributed by atoms with E-state index in [1.807, 2.05) is 0 Å². The van der Waals surface area contributed by atoms with Crippen molar-refractivity contribution in [3.63, 3.8) is 0 Å². The van der Waals surface area contributed by atoms with E-state index in [9.17, 15) is 9.36 Å². The van der Waals surface area contributed by atoms with E-state index in [2.05, 4.69) is 4.52 Å². The third-order valence-electron chi connectivity index (χ3n) is 0.197.